The first-order valence-electron chi connectivity index (χ1n) is 10.6. The molecule has 6 nitrogen and oxygen atoms in total. The number of nitrogens with zero attached hydrogens (tertiary/aromatic N) is 3. The van der Waals surface area contributed by atoms with Gasteiger partial charge < -0.3 is 15.1 Å². The van der Waals surface area contributed by atoms with E-state index in [1.54, 1.807) is 18.0 Å². The number of hydrogen-bond donors (Lipinski definition) is 1. The number of nitrogens with one attached hydrogen (secondary N) is 1. The van der Waals surface area contributed by atoms with Crippen molar-refractivity contribution in [3.63, 3.8) is 0 Å². The van der Waals surface area contributed by atoms with Gasteiger partial charge in [-0.15, -0.1) is 0 Å². The van der Waals surface area contributed by atoms with E-state index in [1.807, 2.05) is 73.6 Å². The molecule has 2 amide bonds. The van der Waals surface area contributed by atoms with Crippen molar-refractivity contribution >= 4 is 34.6 Å². The molecular formula is C26H25FN4O2. The number of rotatable bonds is 6. The van der Waals surface area contributed by atoms with Crippen LogP contribution in [-0.4, -0.2) is 50.1 Å². The van der Waals surface area contributed by atoms with Crippen LogP contribution in [0, 0.1) is 5.82 Å². The third-order valence-electron chi connectivity index (χ3n) is 5.50. The lowest BCUT2D eigenvalue weighted by atomic mass is 9.90. The number of carbonyl (C=O) groups excluding carboxylic acids is 2. The van der Waals surface area contributed by atoms with Gasteiger partial charge in [-0.3, -0.25) is 14.6 Å². The van der Waals surface area contributed by atoms with Gasteiger partial charge in [0.25, 0.3) is 0 Å². The van der Waals surface area contributed by atoms with Crippen LogP contribution in [0.5, 0.6) is 0 Å². The number of carbonyl (C=O) groups is 2. The maximum absolute atomic E-state index is 13.7. The molecule has 0 saturated carbocycles. The van der Waals surface area contributed by atoms with Crippen LogP contribution in [0.3, 0.4) is 0 Å². The molecule has 1 heterocycles. The summed E-state index contributed by atoms with van der Waals surface area (Å²) >= 11 is 0. The van der Waals surface area contributed by atoms with E-state index < -0.39 is 11.7 Å². The van der Waals surface area contributed by atoms with Crippen LogP contribution < -0.4 is 10.2 Å². The van der Waals surface area contributed by atoms with E-state index in [2.05, 4.69) is 5.32 Å². The van der Waals surface area contributed by atoms with Crippen LogP contribution >= 0.6 is 0 Å². The molecule has 1 atom stereocenters. The van der Waals surface area contributed by atoms with Crippen molar-refractivity contribution < 1.29 is 14.0 Å². The number of benzene rings is 3. The molecule has 1 N–H and O–H groups in total. The molecule has 3 aromatic rings. The zero-order valence-electron chi connectivity index (χ0n) is 18.7. The quantitative estimate of drug-likeness (QED) is 0.580. The highest BCUT2D eigenvalue weighted by Crippen LogP contribution is 2.36. The Morgan fingerprint density at radius 2 is 1.70 bits per heavy atom. The minimum Gasteiger partial charge on any atom is -0.325 e. The van der Waals surface area contributed by atoms with Crippen molar-refractivity contribution in [3.8, 4) is 0 Å². The van der Waals surface area contributed by atoms with Crippen molar-refractivity contribution in [1.82, 2.24) is 4.90 Å². The van der Waals surface area contributed by atoms with E-state index in [0.29, 0.717) is 29.2 Å². The molecule has 33 heavy (non-hydrogen) atoms. The van der Waals surface area contributed by atoms with Crippen LogP contribution in [0.1, 0.15) is 17.0 Å². The number of amides is 2. The van der Waals surface area contributed by atoms with E-state index in [0.717, 1.165) is 11.3 Å². The van der Waals surface area contributed by atoms with Gasteiger partial charge in [0.1, 0.15) is 11.7 Å². The molecule has 7 heteroatoms. The van der Waals surface area contributed by atoms with Crippen molar-refractivity contribution in [2.75, 3.05) is 37.9 Å². The molecule has 0 radical (unpaired) electrons. The fraction of sp³-hybridized carbons (Fsp3) is 0.192. The lowest BCUT2D eigenvalue weighted by Gasteiger charge is -2.20. The molecule has 0 aromatic heterocycles. The molecule has 0 aliphatic carbocycles. The standard InChI is InChI=1S/C26H25FN4O2/c1-30(2)16-23(32)31(3)20-12-10-19(11-13-20)28-25(17-7-5-4-6-8-17)24-21-14-9-18(27)15-22(21)29-26(24)33/h4-15,24H,16H2,1-3H3,(H,29,33). The van der Waals surface area contributed by atoms with E-state index in [-0.39, 0.29) is 11.8 Å². The molecule has 4 rings (SSSR count). The number of hydrogen-bond acceptors (Lipinski definition) is 4. The molecule has 1 aliphatic heterocycles. The summed E-state index contributed by atoms with van der Waals surface area (Å²) in [6.07, 6.45) is 0. The third-order valence-corrected chi connectivity index (χ3v) is 5.50. The first-order chi connectivity index (χ1) is 15.8. The second-order valence-electron chi connectivity index (χ2n) is 8.22. The van der Waals surface area contributed by atoms with E-state index in [4.69, 9.17) is 4.99 Å². The van der Waals surface area contributed by atoms with Gasteiger partial charge in [-0.2, -0.15) is 0 Å². The predicted octanol–water partition coefficient (Wildman–Crippen LogP) is 4.21. The summed E-state index contributed by atoms with van der Waals surface area (Å²) in [6.45, 7) is 0.311. The molecule has 0 spiro atoms. The van der Waals surface area contributed by atoms with Crippen LogP contribution in [0.15, 0.2) is 77.8 Å². The van der Waals surface area contributed by atoms with Crippen molar-refractivity contribution in [1.29, 1.82) is 0 Å². The number of halogens is 1. The van der Waals surface area contributed by atoms with Gasteiger partial charge in [-0.25, -0.2) is 4.39 Å². The SMILES string of the molecule is CN(C)CC(=O)N(C)c1ccc(N=C(c2ccccc2)C2C(=O)Nc3cc(F)ccc32)cc1. The van der Waals surface area contributed by atoms with Gasteiger partial charge in [-0.1, -0.05) is 36.4 Å². The number of likely N-dealkylation sites (N-methyl/N-ethyl adjacent to an activating group) is 2. The topological polar surface area (TPSA) is 65.0 Å². The minimum absolute atomic E-state index is 0.0207. The maximum Gasteiger partial charge on any atom is 0.240 e. The summed E-state index contributed by atoms with van der Waals surface area (Å²) < 4.78 is 13.7. The van der Waals surface area contributed by atoms with E-state index in [1.165, 1.54) is 12.1 Å². The molecule has 0 bridgehead atoms. The molecule has 0 saturated heterocycles. The Bertz CT molecular complexity index is 1210. The molecule has 1 unspecified atom stereocenters. The Kier molecular flexibility index (Phi) is 6.33. The van der Waals surface area contributed by atoms with Gasteiger partial charge in [0.15, 0.2) is 0 Å². The van der Waals surface area contributed by atoms with Gasteiger partial charge in [0.2, 0.25) is 11.8 Å². The summed E-state index contributed by atoms with van der Waals surface area (Å²) in [5.74, 6) is -1.33. The summed E-state index contributed by atoms with van der Waals surface area (Å²) in [4.78, 5) is 33.5. The second kappa shape index (κ2) is 9.34. The highest BCUT2D eigenvalue weighted by molar-refractivity contribution is 6.24. The van der Waals surface area contributed by atoms with E-state index >= 15 is 0 Å². The molecule has 168 valence electrons. The maximum atomic E-state index is 13.7. The predicted molar refractivity (Wildman–Crippen MR) is 129 cm³/mol. The van der Waals surface area contributed by atoms with Gasteiger partial charge in [-0.05, 0) is 61.6 Å². The van der Waals surface area contributed by atoms with Crippen molar-refractivity contribution in [3.05, 3.63) is 89.7 Å². The normalized spacial score (nSPS) is 15.4. The first kappa shape index (κ1) is 22.4. The zero-order chi connectivity index (χ0) is 23.5. The Labute approximate surface area is 192 Å². The molecule has 1 aliphatic rings. The lowest BCUT2D eigenvalue weighted by Crippen LogP contribution is -2.34. The smallest absolute Gasteiger partial charge is 0.240 e. The minimum atomic E-state index is -0.660. The Morgan fingerprint density at radius 1 is 1.00 bits per heavy atom. The number of aliphatic imine (C=N–C) groups is 1. The first-order valence-corrected chi connectivity index (χ1v) is 10.6. The van der Waals surface area contributed by atoms with Crippen LogP contribution in [0.4, 0.5) is 21.5 Å². The van der Waals surface area contributed by atoms with Crippen molar-refractivity contribution in [2.24, 2.45) is 4.99 Å². The fourth-order valence-corrected chi connectivity index (χ4v) is 3.82. The summed E-state index contributed by atoms with van der Waals surface area (Å²) in [5, 5.41) is 2.77. The van der Waals surface area contributed by atoms with Crippen LogP contribution in [-0.2, 0) is 9.59 Å². The average molecular weight is 445 g/mol. The molecule has 0 fully saturated rings. The highest BCUT2D eigenvalue weighted by Gasteiger charge is 2.35. The lowest BCUT2D eigenvalue weighted by molar-refractivity contribution is -0.119. The molecular weight excluding hydrogens is 419 g/mol. The highest BCUT2D eigenvalue weighted by atomic mass is 19.1. The number of fused-ring (bicyclic) bond motifs is 1. The largest absolute Gasteiger partial charge is 0.325 e. The summed E-state index contributed by atoms with van der Waals surface area (Å²) in [5.41, 5.74) is 3.93. The fourth-order valence-electron chi connectivity index (χ4n) is 3.82. The van der Waals surface area contributed by atoms with Crippen molar-refractivity contribution in [2.45, 2.75) is 5.92 Å². The number of anilines is 2. The van der Waals surface area contributed by atoms with E-state index in [9.17, 15) is 14.0 Å². The Morgan fingerprint density at radius 3 is 2.36 bits per heavy atom. The average Bonchev–Trinajstić information content (AvgIpc) is 3.12. The van der Waals surface area contributed by atoms with Gasteiger partial charge >= 0.3 is 0 Å². The van der Waals surface area contributed by atoms with Gasteiger partial charge in [0, 0.05) is 18.4 Å². The van der Waals surface area contributed by atoms with Crippen LogP contribution in [0.2, 0.25) is 0 Å². The Hall–Kier alpha value is -3.84. The molecule has 3 aromatic carbocycles. The second-order valence-corrected chi connectivity index (χ2v) is 8.22. The zero-order valence-corrected chi connectivity index (χ0v) is 18.7. The summed E-state index contributed by atoms with van der Waals surface area (Å²) in [6, 6.07) is 21.1. The summed E-state index contributed by atoms with van der Waals surface area (Å²) in [7, 11) is 5.43. The third kappa shape index (κ3) is 4.83. The van der Waals surface area contributed by atoms with Gasteiger partial charge in [0.05, 0.1) is 17.9 Å². The Balaban J connectivity index is 1.71. The van der Waals surface area contributed by atoms with Crippen LogP contribution in [0.25, 0.3) is 0 Å². The monoisotopic (exact) mass is 444 g/mol.